The molecule has 0 spiro atoms. The van der Waals surface area contributed by atoms with Crippen molar-refractivity contribution in [3.05, 3.63) is 203 Å². The third kappa shape index (κ3) is 15.2. The van der Waals surface area contributed by atoms with Crippen molar-refractivity contribution >= 4 is 11.9 Å². The van der Waals surface area contributed by atoms with Crippen LogP contribution >= 0.6 is 0 Å². The fraction of sp³-hybridized carbons (Fsp3) is 0.269. The molecule has 4 N–H and O–H groups in total. The zero-order valence-corrected chi connectivity index (χ0v) is 35.7. The van der Waals surface area contributed by atoms with Crippen LogP contribution in [0.5, 0.6) is 11.5 Å². The Labute approximate surface area is 371 Å². The van der Waals surface area contributed by atoms with Gasteiger partial charge < -0.3 is 35.1 Å². The number of nitrogens with two attached hydrogens (primary N) is 1. The highest BCUT2D eigenvalue weighted by Crippen LogP contribution is 2.23. The normalized spacial score (nSPS) is 14.9. The van der Waals surface area contributed by atoms with Crippen molar-refractivity contribution in [2.75, 3.05) is 65.7 Å². The minimum absolute atomic E-state index is 0.0798. The summed E-state index contributed by atoms with van der Waals surface area (Å²) < 4.78 is 22.2. The van der Waals surface area contributed by atoms with Gasteiger partial charge in [-0.15, -0.1) is 0 Å². The Bertz CT molecular complexity index is 2190. The lowest BCUT2D eigenvalue weighted by Gasteiger charge is -2.35. The summed E-state index contributed by atoms with van der Waals surface area (Å²) in [6.07, 6.45) is 0. The zero-order valence-electron chi connectivity index (χ0n) is 35.7. The van der Waals surface area contributed by atoms with Gasteiger partial charge in [-0.25, -0.2) is 4.79 Å². The van der Waals surface area contributed by atoms with Crippen LogP contribution in [0.3, 0.4) is 0 Å². The van der Waals surface area contributed by atoms with Gasteiger partial charge in [-0.1, -0.05) is 121 Å². The molecule has 11 heteroatoms. The summed E-state index contributed by atoms with van der Waals surface area (Å²) >= 11 is 0. The predicted octanol–water partition coefficient (Wildman–Crippen LogP) is 8.05. The van der Waals surface area contributed by atoms with Crippen LogP contribution in [0.25, 0.3) is 0 Å². The maximum Gasteiger partial charge on any atom is 0.335 e. The molecule has 2 atom stereocenters. The minimum atomic E-state index is -0.931. The summed E-state index contributed by atoms with van der Waals surface area (Å²) in [7, 11) is 0. The number of ether oxygens (including phenoxy) is 4. The monoisotopic (exact) mass is 850 g/mol. The number of rotatable bonds is 15. The average molecular weight is 851 g/mol. The van der Waals surface area contributed by atoms with Crippen molar-refractivity contribution in [2.45, 2.75) is 25.3 Å². The van der Waals surface area contributed by atoms with Crippen LogP contribution in [0, 0.1) is 0 Å². The first kappa shape index (κ1) is 46.2. The Kier molecular flexibility index (Phi) is 18.7. The number of carbonyl (C=O) groups excluding carboxylic acids is 1. The van der Waals surface area contributed by atoms with E-state index in [0.29, 0.717) is 43.7 Å². The number of morpholine rings is 2. The van der Waals surface area contributed by atoms with Crippen LogP contribution in [0.2, 0.25) is 0 Å². The molecule has 2 aliphatic rings. The Hall–Kier alpha value is -6.34. The van der Waals surface area contributed by atoms with E-state index in [2.05, 4.69) is 51.5 Å². The van der Waals surface area contributed by atoms with E-state index in [1.54, 1.807) is 12.1 Å². The molecule has 6 aromatic rings. The number of amides is 1. The number of carboxylic acids is 1. The smallest absolute Gasteiger partial charge is 0.335 e. The van der Waals surface area contributed by atoms with Gasteiger partial charge >= 0.3 is 5.97 Å². The number of nitrogens with zero attached hydrogens (tertiary/aromatic N) is 2. The molecule has 0 aliphatic carbocycles. The van der Waals surface area contributed by atoms with E-state index in [1.165, 1.54) is 23.3 Å². The van der Waals surface area contributed by atoms with E-state index < -0.39 is 5.97 Å². The fourth-order valence-corrected chi connectivity index (χ4v) is 7.25. The van der Waals surface area contributed by atoms with Crippen molar-refractivity contribution < 1.29 is 33.6 Å². The molecule has 63 heavy (non-hydrogen) atoms. The summed E-state index contributed by atoms with van der Waals surface area (Å²) in [6.45, 7) is 8.99. The molecule has 2 aliphatic heterocycles. The highest BCUT2D eigenvalue weighted by Gasteiger charge is 2.24. The first-order valence-corrected chi connectivity index (χ1v) is 21.5. The van der Waals surface area contributed by atoms with E-state index in [0.717, 1.165) is 69.5 Å². The Balaban J connectivity index is 0.000000174. The SMILES string of the molecule is NCC(c1ccccc1)N1CCOCC1.O=C(NCC(c1ccccc1)N1CCOCC1)c1ccc(OCc2ccccc2)cc1.O=C(O)c1ccc(OCc2ccccc2)cc1. The van der Waals surface area contributed by atoms with Gasteiger partial charge in [0.1, 0.15) is 24.7 Å². The lowest BCUT2D eigenvalue weighted by atomic mass is 10.0. The minimum Gasteiger partial charge on any atom is -0.489 e. The van der Waals surface area contributed by atoms with Crippen molar-refractivity contribution in [3.8, 4) is 11.5 Å². The van der Waals surface area contributed by atoms with Crippen LogP contribution in [0.4, 0.5) is 0 Å². The average Bonchev–Trinajstić information content (AvgIpc) is 3.35. The standard InChI is InChI=1S/C26H28N2O3.C14H12O3.C12H18N2O/c29-26(23-11-13-24(14-12-23)31-20-21-7-3-1-4-8-21)27-19-25(22-9-5-2-6-10-22)28-15-17-30-18-16-28;15-14(16)12-6-8-13(9-7-12)17-10-11-4-2-1-3-5-11;13-10-12(11-4-2-1-3-5-11)14-6-8-15-9-7-14/h1-14,25H,15-20H2,(H,27,29);1-9H,10H2,(H,15,16);1-5,12H,6-10,13H2. The van der Waals surface area contributed by atoms with Crippen LogP contribution in [-0.4, -0.2) is 92.5 Å². The van der Waals surface area contributed by atoms with Crippen molar-refractivity contribution in [2.24, 2.45) is 5.73 Å². The van der Waals surface area contributed by atoms with Gasteiger partial charge in [0.25, 0.3) is 5.91 Å². The van der Waals surface area contributed by atoms with Gasteiger partial charge in [0, 0.05) is 50.9 Å². The summed E-state index contributed by atoms with van der Waals surface area (Å²) in [6, 6.07) is 54.8. The molecule has 328 valence electrons. The number of hydrogen-bond donors (Lipinski definition) is 3. The molecule has 8 rings (SSSR count). The molecule has 0 saturated carbocycles. The molecule has 6 aromatic carbocycles. The fourth-order valence-electron chi connectivity index (χ4n) is 7.25. The lowest BCUT2D eigenvalue weighted by molar-refractivity contribution is 0.0162. The van der Waals surface area contributed by atoms with Gasteiger partial charge in [0.15, 0.2) is 0 Å². The number of carbonyl (C=O) groups is 2. The molecule has 1 amide bonds. The number of carboxylic acid groups (broad SMARTS) is 1. The quantitative estimate of drug-likeness (QED) is 0.0932. The lowest BCUT2D eigenvalue weighted by Crippen LogP contribution is -2.43. The van der Waals surface area contributed by atoms with Gasteiger partial charge in [-0.3, -0.25) is 14.6 Å². The molecule has 2 saturated heterocycles. The predicted molar refractivity (Wildman–Crippen MR) is 246 cm³/mol. The molecule has 2 fully saturated rings. The van der Waals surface area contributed by atoms with Crippen molar-refractivity contribution in [3.63, 3.8) is 0 Å². The van der Waals surface area contributed by atoms with Crippen molar-refractivity contribution in [1.82, 2.24) is 15.1 Å². The third-order valence-electron chi connectivity index (χ3n) is 10.7. The van der Waals surface area contributed by atoms with Crippen LogP contribution in [0.1, 0.15) is 55.1 Å². The second kappa shape index (κ2) is 25.6. The summed E-state index contributed by atoms with van der Waals surface area (Å²) in [4.78, 5) is 28.2. The first-order chi connectivity index (χ1) is 31.0. The highest BCUT2D eigenvalue weighted by atomic mass is 16.5. The zero-order chi connectivity index (χ0) is 43.9. The second-order valence-electron chi connectivity index (χ2n) is 15.0. The molecule has 0 aromatic heterocycles. The third-order valence-corrected chi connectivity index (χ3v) is 10.7. The van der Waals surface area contributed by atoms with Gasteiger partial charge in [0.2, 0.25) is 0 Å². The summed E-state index contributed by atoms with van der Waals surface area (Å²) in [5, 5.41) is 11.9. The van der Waals surface area contributed by atoms with E-state index in [-0.39, 0.29) is 17.5 Å². The Morgan fingerprint density at radius 3 is 1.33 bits per heavy atom. The Morgan fingerprint density at radius 1 is 0.540 bits per heavy atom. The first-order valence-electron chi connectivity index (χ1n) is 21.5. The second-order valence-corrected chi connectivity index (χ2v) is 15.0. The molecule has 2 heterocycles. The molecular formula is C52H58N4O7. The molecule has 11 nitrogen and oxygen atoms in total. The van der Waals surface area contributed by atoms with Gasteiger partial charge in [-0.05, 0) is 70.8 Å². The number of aromatic carboxylic acids is 1. The van der Waals surface area contributed by atoms with Gasteiger partial charge in [0.05, 0.1) is 38.0 Å². The van der Waals surface area contributed by atoms with E-state index >= 15 is 0 Å². The van der Waals surface area contributed by atoms with E-state index in [1.807, 2.05) is 109 Å². The molecule has 0 radical (unpaired) electrons. The van der Waals surface area contributed by atoms with E-state index in [4.69, 9.17) is 29.8 Å². The largest absolute Gasteiger partial charge is 0.489 e. The van der Waals surface area contributed by atoms with Crippen molar-refractivity contribution in [1.29, 1.82) is 0 Å². The number of nitrogens with one attached hydrogen (secondary N) is 1. The highest BCUT2D eigenvalue weighted by molar-refractivity contribution is 5.94. The van der Waals surface area contributed by atoms with E-state index in [9.17, 15) is 9.59 Å². The van der Waals surface area contributed by atoms with Crippen LogP contribution < -0.4 is 20.5 Å². The van der Waals surface area contributed by atoms with Crippen LogP contribution in [-0.2, 0) is 22.7 Å². The maximum absolute atomic E-state index is 12.8. The Morgan fingerprint density at radius 2 is 0.921 bits per heavy atom. The maximum atomic E-state index is 12.8. The molecule has 2 unspecified atom stereocenters. The molecular weight excluding hydrogens is 793 g/mol. The summed E-state index contributed by atoms with van der Waals surface area (Å²) in [5.41, 5.74) is 11.4. The van der Waals surface area contributed by atoms with Gasteiger partial charge in [-0.2, -0.15) is 0 Å². The topological polar surface area (TPSA) is 136 Å². The molecule has 0 bridgehead atoms. The number of hydrogen-bond acceptors (Lipinski definition) is 9. The van der Waals surface area contributed by atoms with Crippen LogP contribution in [0.15, 0.2) is 170 Å². The summed E-state index contributed by atoms with van der Waals surface area (Å²) in [5.74, 6) is 0.401. The number of benzene rings is 6.